The first-order valence-corrected chi connectivity index (χ1v) is 11.0. The van der Waals surface area contributed by atoms with Crippen LogP contribution in [0, 0.1) is 5.82 Å². The molecule has 2 heterocycles. The van der Waals surface area contributed by atoms with Gasteiger partial charge in [-0.25, -0.2) is 9.37 Å². The highest BCUT2D eigenvalue weighted by Gasteiger charge is 2.21. The molecule has 0 radical (unpaired) electrons. The molecule has 2 aromatic rings. The molecule has 3 rings (SSSR count). The number of halogens is 1. The highest BCUT2D eigenvalue weighted by Crippen LogP contribution is 2.13. The molecule has 31 heavy (non-hydrogen) atoms. The number of nitrogens with zero attached hydrogens (tertiary/aromatic N) is 2. The van der Waals surface area contributed by atoms with E-state index in [9.17, 15) is 18.8 Å². The number of carbonyl (C=O) groups excluding carboxylic acids is 3. The van der Waals surface area contributed by atoms with Gasteiger partial charge in [-0.15, -0.1) is 11.3 Å². The van der Waals surface area contributed by atoms with Crippen LogP contribution in [0.2, 0.25) is 0 Å². The molecule has 1 fully saturated rings. The van der Waals surface area contributed by atoms with Gasteiger partial charge in [0, 0.05) is 44.1 Å². The summed E-state index contributed by atoms with van der Waals surface area (Å²) in [5.41, 5.74) is 0.689. The number of ether oxygens (including phenoxy) is 1. The van der Waals surface area contributed by atoms with Crippen molar-refractivity contribution in [3.05, 3.63) is 47.2 Å². The fourth-order valence-electron chi connectivity index (χ4n) is 3.15. The fraction of sp³-hybridized carbons (Fsp3) is 0.429. The minimum absolute atomic E-state index is 0.000225. The van der Waals surface area contributed by atoms with Crippen molar-refractivity contribution in [3.8, 4) is 0 Å². The second-order valence-corrected chi connectivity index (χ2v) is 8.10. The molecule has 1 aromatic carbocycles. The lowest BCUT2D eigenvalue weighted by atomic mass is 10.2. The Morgan fingerprint density at radius 3 is 2.68 bits per heavy atom. The summed E-state index contributed by atoms with van der Waals surface area (Å²) in [5, 5.41) is 7.63. The molecule has 0 saturated carbocycles. The molecule has 0 spiro atoms. The van der Waals surface area contributed by atoms with Gasteiger partial charge in [0.15, 0.2) is 5.13 Å². The number of nitrogens with one attached hydrogen (secondary N) is 2. The van der Waals surface area contributed by atoms with Crippen molar-refractivity contribution in [3.63, 3.8) is 0 Å². The topological polar surface area (TPSA) is 101 Å². The summed E-state index contributed by atoms with van der Waals surface area (Å²) in [6.07, 6.45) is 3.35. The van der Waals surface area contributed by atoms with Crippen molar-refractivity contribution in [1.29, 1.82) is 0 Å². The van der Waals surface area contributed by atoms with Crippen LogP contribution in [0.1, 0.15) is 31.2 Å². The second-order valence-electron chi connectivity index (χ2n) is 7.20. The summed E-state index contributed by atoms with van der Waals surface area (Å²) in [7, 11) is 0. The summed E-state index contributed by atoms with van der Waals surface area (Å²) < 4.78 is 18.7. The molecule has 1 atom stereocenters. The average molecular weight is 449 g/mol. The second kappa shape index (κ2) is 11.5. The largest absolute Gasteiger partial charge is 0.376 e. The molecule has 1 saturated heterocycles. The van der Waals surface area contributed by atoms with E-state index in [-0.39, 0.29) is 55.6 Å². The maximum absolute atomic E-state index is 13.2. The summed E-state index contributed by atoms with van der Waals surface area (Å²) >= 11 is 1.29. The van der Waals surface area contributed by atoms with Crippen LogP contribution in [0.15, 0.2) is 35.8 Å². The fourth-order valence-corrected chi connectivity index (χ4v) is 3.70. The van der Waals surface area contributed by atoms with Crippen LogP contribution in [0.5, 0.6) is 0 Å². The summed E-state index contributed by atoms with van der Waals surface area (Å²) in [6.45, 7) is 1.07. The Balaban J connectivity index is 1.55. The Morgan fingerprint density at radius 1 is 1.19 bits per heavy atom. The number of rotatable bonds is 10. The van der Waals surface area contributed by atoms with Gasteiger partial charge in [0.05, 0.1) is 12.6 Å². The highest BCUT2D eigenvalue weighted by molar-refractivity contribution is 7.13. The monoisotopic (exact) mass is 448 g/mol. The smallest absolute Gasteiger partial charge is 0.239 e. The quantitative estimate of drug-likeness (QED) is 0.581. The van der Waals surface area contributed by atoms with Gasteiger partial charge >= 0.3 is 0 Å². The Morgan fingerprint density at radius 2 is 2.00 bits per heavy atom. The number of hydrogen-bond acceptors (Lipinski definition) is 6. The highest BCUT2D eigenvalue weighted by atomic mass is 32.1. The minimum Gasteiger partial charge on any atom is -0.376 e. The molecule has 8 nitrogen and oxygen atoms in total. The Labute approximate surface area is 183 Å². The molecular weight excluding hydrogens is 423 g/mol. The summed E-state index contributed by atoms with van der Waals surface area (Å²) in [5.74, 6) is -1.35. The van der Waals surface area contributed by atoms with Crippen molar-refractivity contribution in [2.75, 3.05) is 25.0 Å². The number of hydrogen-bond donors (Lipinski definition) is 2. The first-order chi connectivity index (χ1) is 15.0. The van der Waals surface area contributed by atoms with Crippen molar-refractivity contribution in [2.24, 2.45) is 0 Å². The third-order valence-corrected chi connectivity index (χ3v) is 5.46. The van der Waals surface area contributed by atoms with Gasteiger partial charge < -0.3 is 20.3 Å². The van der Waals surface area contributed by atoms with Gasteiger partial charge in [0.1, 0.15) is 5.82 Å². The van der Waals surface area contributed by atoms with Crippen LogP contribution in [0.4, 0.5) is 9.52 Å². The molecule has 10 heteroatoms. The zero-order valence-corrected chi connectivity index (χ0v) is 17.8. The van der Waals surface area contributed by atoms with Gasteiger partial charge in [-0.05, 0) is 30.5 Å². The van der Waals surface area contributed by atoms with Crippen molar-refractivity contribution in [1.82, 2.24) is 15.2 Å². The maximum atomic E-state index is 13.2. The van der Waals surface area contributed by atoms with E-state index in [1.165, 1.54) is 28.4 Å². The van der Waals surface area contributed by atoms with Crippen LogP contribution in [0.25, 0.3) is 0 Å². The number of anilines is 1. The predicted molar refractivity (Wildman–Crippen MR) is 114 cm³/mol. The van der Waals surface area contributed by atoms with E-state index in [2.05, 4.69) is 15.6 Å². The van der Waals surface area contributed by atoms with Crippen LogP contribution in [0.3, 0.4) is 0 Å². The molecular formula is C21H25FN4O4S. The summed E-state index contributed by atoms with van der Waals surface area (Å²) in [4.78, 5) is 42.6. The zero-order chi connectivity index (χ0) is 22.1. The van der Waals surface area contributed by atoms with Gasteiger partial charge in [-0.2, -0.15) is 0 Å². The lowest BCUT2D eigenvalue weighted by molar-refractivity contribution is -0.137. The number of carbonyl (C=O) groups is 3. The number of aromatic nitrogens is 1. The Kier molecular flexibility index (Phi) is 8.48. The van der Waals surface area contributed by atoms with Gasteiger partial charge in [-0.1, -0.05) is 12.1 Å². The van der Waals surface area contributed by atoms with Crippen LogP contribution in [-0.4, -0.2) is 53.4 Å². The molecule has 0 aliphatic carbocycles. The SMILES string of the molecule is O=C(CN(Cc1ccc(F)cc1)C(=O)CCC(=O)Nc1nccs1)NC[C@H]1CCCO1. The number of thiazole rings is 1. The van der Waals surface area contributed by atoms with E-state index in [0.29, 0.717) is 23.8 Å². The molecule has 0 bridgehead atoms. The van der Waals surface area contributed by atoms with Crippen LogP contribution in [-0.2, 0) is 25.7 Å². The normalized spacial score (nSPS) is 15.5. The van der Waals surface area contributed by atoms with E-state index < -0.39 is 0 Å². The van der Waals surface area contributed by atoms with Crippen LogP contribution < -0.4 is 10.6 Å². The molecule has 1 aliphatic heterocycles. The van der Waals surface area contributed by atoms with Gasteiger partial charge in [0.25, 0.3) is 0 Å². The third kappa shape index (κ3) is 7.72. The molecule has 0 unspecified atom stereocenters. The molecule has 2 N–H and O–H groups in total. The van der Waals surface area contributed by atoms with Crippen molar-refractivity contribution < 1.29 is 23.5 Å². The maximum Gasteiger partial charge on any atom is 0.239 e. The first kappa shape index (κ1) is 22.8. The average Bonchev–Trinajstić information content (AvgIpc) is 3.46. The van der Waals surface area contributed by atoms with Crippen molar-refractivity contribution >= 4 is 34.2 Å². The standard InChI is InChI=1S/C21H25FN4O4S/c22-16-5-3-15(4-6-16)13-26(14-19(28)24-12-17-2-1-10-30-17)20(29)8-7-18(27)25-21-23-9-11-31-21/h3-6,9,11,17H,1-2,7-8,10,12-14H2,(H,24,28)(H,23,25,27)/t17-/m1/s1. The zero-order valence-electron chi connectivity index (χ0n) is 17.0. The minimum atomic E-state index is -0.380. The Hall–Kier alpha value is -2.85. The van der Waals surface area contributed by atoms with E-state index in [1.807, 2.05) is 0 Å². The first-order valence-electron chi connectivity index (χ1n) is 10.1. The Bertz CT molecular complexity index is 870. The van der Waals surface area contributed by atoms with Crippen molar-refractivity contribution in [2.45, 2.75) is 38.3 Å². The summed E-state index contributed by atoms with van der Waals surface area (Å²) in [6, 6.07) is 5.73. The van der Waals surface area contributed by atoms with Gasteiger partial charge in [0.2, 0.25) is 17.7 Å². The van der Waals surface area contributed by atoms with Gasteiger partial charge in [-0.3, -0.25) is 14.4 Å². The molecule has 1 aromatic heterocycles. The lowest BCUT2D eigenvalue weighted by Crippen LogP contribution is -2.42. The molecule has 1 aliphatic rings. The van der Waals surface area contributed by atoms with E-state index in [0.717, 1.165) is 12.8 Å². The van der Waals surface area contributed by atoms with E-state index >= 15 is 0 Å². The molecule has 3 amide bonds. The van der Waals surface area contributed by atoms with Crippen LogP contribution >= 0.6 is 11.3 Å². The molecule has 166 valence electrons. The lowest BCUT2D eigenvalue weighted by Gasteiger charge is -2.23. The number of benzene rings is 1. The number of amides is 3. The van der Waals surface area contributed by atoms with E-state index in [1.54, 1.807) is 23.7 Å². The third-order valence-electron chi connectivity index (χ3n) is 4.77. The predicted octanol–water partition coefficient (Wildman–Crippen LogP) is 2.32. The van der Waals surface area contributed by atoms with E-state index in [4.69, 9.17) is 4.74 Å².